The van der Waals surface area contributed by atoms with Gasteiger partial charge in [-0.05, 0) is 44.5 Å². The largest absolute Gasteiger partial charge is 0.482 e. The number of benzene rings is 1. The summed E-state index contributed by atoms with van der Waals surface area (Å²) in [6.45, 7) is 3.11. The number of likely N-dealkylation sites (tertiary alicyclic amines) is 1. The van der Waals surface area contributed by atoms with Crippen molar-refractivity contribution < 1.29 is 14.3 Å². The molecule has 130 valence electrons. The van der Waals surface area contributed by atoms with E-state index in [-0.39, 0.29) is 18.4 Å². The van der Waals surface area contributed by atoms with E-state index < -0.39 is 0 Å². The molecule has 0 unspecified atom stereocenters. The number of ether oxygens (including phenoxy) is 1. The molecule has 1 N–H and O–H groups in total. The first-order valence-electron chi connectivity index (χ1n) is 8.63. The standard InChI is InChI=1S/C18H25N3O3/c1-19-12-14-6-9-20(10-7-14)17(22)8-11-21-15-4-2-3-5-16(15)24-13-18(21)23/h2-5,14,19H,6-13H2,1H3. The van der Waals surface area contributed by atoms with Crippen molar-refractivity contribution in [1.82, 2.24) is 10.2 Å². The van der Waals surface area contributed by atoms with E-state index in [1.165, 1.54) is 0 Å². The smallest absolute Gasteiger partial charge is 0.265 e. The minimum absolute atomic E-state index is 0.0423. The Labute approximate surface area is 142 Å². The van der Waals surface area contributed by atoms with Gasteiger partial charge in [0.1, 0.15) is 5.75 Å². The van der Waals surface area contributed by atoms with Crippen LogP contribution in [0.1, 0.15) is 19.3 Å². The lowest BCUT2D eigenvalue weighted by Gasteiger charge is -2.33. The summed E-state index contributed by atoms with van der Waals surface area (Å²) in [6.07, 6.45) is 2.45. The summed E-state index contributed by atoms with van der Waals surface area (Å²) in [5.41, 5.74) is 0.759. The number of amides is 2. The highest BCUT2D eigenvalue weighted by Gasteiger charge is 2.27. The molecule has 3 rings (SSSR count). The Morgan fingerprint density at radius 1 is 1.29 bits per heavy atom. The van der Waals surface area contributed by atoms with Gasteiger partial charge in [0.2, 0.25) is 5.91 Å². The first-order valence-corrected chi connectivity index (χ1v) is 8.63. The van der Waals surface area contributed by atoms with Crippen molar-refractivity contribution in [2.24, 2.45) is 5.92 Å². The lowest BCUT2D eigenvalue weighted by Crippen LogP contribution is -2.44. The molecule has 2 amide bonds. The van der Waals surface area contributed by atoms with Crippen molar-refractivity contribution in [3.05, 3.63) is 24.3 Å². The fraction of sp³-hybridized carbons (Fsp3) is 0.556. The van der Waals surface area contributed by atoms with Gasteiger partial charge in [-0.25, -0.2) is 0 Å². The topological polar surface area (TPSA) is 61.9 Å². The third kappa shape index (κ3) is 3.70. The van der Waals surface area contributed by atoms with Crippen LogP contribution < -0.4 is 15.0 Å². The zero-order chi connectivity index (χ0) is 16.9. The summed E-state index contributed by atoms with van der Waals surface area (Å²) in [7, 11) is 1.97. The monoisotopic (exact) mass is 331 g/mol. The molecule has 0 saturated carbocycles. The number of piperidine rings is 1. The molecule has 0 aromatic heterocycles. The van der Waals surface area contributed by atoms with Gasteiger partial charge in [0.05, 0.1) is 5.69 Å². The van der Waals surface area contributed by atoms with Crippen molar-refractivity contribution in [2.75, 3.05) is 44.7 Å². The second kappa shape index (κ2) is 7.66. The van der Waals surface area contributed by atoms with Crippen molar-refractivity contribution in [3.63, 3.8) is 0 Å². The third-order valence-electron chi connectivity index (χ3n) is 4.82. The highest BCUT2D eigenvalue weighted by molar-refractivity contribution is 5.98. The van der Waals surface area contributed by atoms with Gasteiger partial charge in [-0.1, -0.05) is 12.1 Å². The average Bonchev–Trinajstić information content (AvgIpc) is 2.61. The predicted molar refractivity (Wildman–Crippen MR) is 92.1 cm³/mol. The van der Waals surface area contributed by atoms with E-state index in [0.29, 0.717) is 24.6 Å². The molecule has 2 heterocycles. The van der Waals surface area contributed by atoms with Crippen LogP contribution in [0.2, 0.25) is 0 Å². The number of nitrogens with zero attached hydrogens (tertiary/aromatic N) is 2. The van der Waals surface area contributed by atoms with Gasteiger partial charge in [0.25, 0.3) is 5.91 Å². The van der Waals surface area contributed by atoms with E-state index in [1.54, 1.807) is 4.90 Å². The zero-order valence-corrected chi connectivity index (χ0v) is 14.2. The number of anilines is 1. The molecule has 0 radical (unpaired) electrons. The van der Waals surface area contributed by atoms with Gasteiger partial charge in [0, 0.05) is 26.1 Å². The molecule has 0 spiro atoms. The highest BCUT2D eigenvalue weighted by Crippen LogP contribution is 2.31. The number of hydrogen-bond donors (Lipinski definition) is 1. The summed E-state index contributed by atoms with van der Waals surface area (Å²) in [6, 6.07) is 7.47. The number of nitrogens with one attached hydrogen (secondary N) is 1. The first kappa shape index (κ1) is 16.8. The molecule has 0 atom stereocenters. The van der Waals surface area contributed by atoms with Crippen molar-refractivity contribution in [3.8, 4) is 5.75 Å². The SMILES string of the molecule is CNCC1CCN(C(=O)CCN2C(=O)COc3ccccc32)CC1. The molecule has 1 aromatic rings. The molecular weight excluding hydrogens is 306 g/mol. The van der Waals surface area contributed by atoms with Gasteiger partial charge in [-0.15, -0.1) is 0 Å². The molecule has 0 bridgehead atoms. The van der Waals surface area contributed by atoms with Crippen LogP contribution in [0.5, 0.6) is 5.75 Å². The van der Waals surface area contributed by atoms with Crippen LogP contribution in [-0.2, 0) is 9.59 Å². The number of carbonyl (C=O) groups is 2. The highest BCUT2D eigenvalue weighted by atomic mass is 16.5. The molecule has 1 aromatic carbocycles. The molecule has 2 aliphatic rings. The number of carbonyl (C=O) groups excluding carboxylic acids is 2. The Kier molecular flexibility index (Phi) is 5.35. The van der Waals surface area contributed by atoms with Gasteiger partial charge < -0.3 is 19.9 Å². The van der Waals surface area contributed by atoms with E-state index in [4.69, 9.17) is 4.74 Å². The Morgan fingerprint density at radius 3 is 2.79 bits per heavy atom. The number of hydrogen-bond acceptors (Lipinski definition) is 4. The van der Waals surface area contributed by atoms with E-state index in [9.17, 15) is 9.59 Å². The minimum Gasteiger partial charge on any atom is -0.482 e. The maximum Gasteiger partial charge on any atom is 0.265 e. The quantitative estimate of drug-likeness (QED) is 0.882. The van der Waals surface area contributed by atoms with E-state index in [1.807, 2.05) is 36.2 Å². The van der Waals surface area contributed by atoms with Gasteiger partial charge in [0.15, 0.2) is 6.61 Å². The molecule has 1 fully saturated rings. The fourth-order valence-electron chi connectivity index (χ4n) is 3.44. The molecule has 24 heavy (non-hydrogen) atoms. The maximum atomic E-state index is 12.5. The lowest BCUT2D eigenvalue weighted by atomic mass is 9.96. The third-order valence-corrected chi connectivity index (χ3v) is 4.82. The van der Waals surface area contributed by atoms with E-state index in [0.717, 1.165) is 38.2 Å². The molecule has 2 aliphatic heterocycles. The Morgan fingerprint density at radius 2 is 2.04 bits per heavy atom. The summed E-state index contributed by atoms with van der Waals surface area (Å²) in [5.74, 6) is 1.41. The number of rotatable bonds is 5. The Bertz CT molecular complexity index is 597. The predicted octanol–water partition coefficient (Wildman–Crippen LogP) is 1.26. The zero-order valence-electron chi connectivity index (χ0n) is 14.2. The van der Waals surface area contributed by atoms with Crippen molar-refractivity contribution in [2.45, 2.75) is 19.3 Å². The van der Waals surface area contributed by atoms with Crippen LogP contribution in [-0.4, -0.2) is 56.5 Å². The van der Waals surface area contributed by atoms with Crippen LogP contribution >= 0.6 is 0 Å². The van der Waals surface area contributed by atoms with Crippen molar-refractivity contribution >= 4 is 17.5 Å². The number of fused-ring (bicyclic) bond motifs is 1. The first-order chi connectivity index (χ1) is 11.7. The summed E-state index contributed by atoms with van der Waals surface area (Å²) in [4.78, 5) is 28.2. The summed E-state index contributed by atoms with van der Waals surface area (Å²) < 4.78 is 5.43. The molecule has 1 saturated heterocycles. The molecule has 6 nitrogen and oxygen atoms in total. The van der Waals surface area contributed by atoms with Crippen LogP contribution in [0.3, 0.4) is 0 Å². The fourth-order valence-corrected chi connectivity index (χ4v) is 3.44. The Hall–Kier alpha value is -2.08. The van der Waals surface area contributed by atoms with E-state index >= 15 is 0 Å². The lowest BCUT2D eigenvalue weighted by molar-refractivity contribution is -0.132. The second-order valence-electron chi connectivity index (χ2n) is 6.43. The molecule has 0 aliphatic carbocycles. The van der Waals surface area contributed by atoms with Crippen LogP contribution in [0, 0.1) is 5.92 Å². The van der Waals surface area contributed by atoms with Crippen molar-refractivity contribution in [1.29, 1.82) is 0 Å². The second-order valence-corrected chi connectivity index (χ2v) is 6.43. The molecular formula is C18H25N3O3. The van der Waals surface area contributed by atoms with E-state index in [2.05, 4.69) is 5.32 Å². The summed E-state index contributed by atoms with van der Waals surface area (Å²) >= 11 is 0. The Balaban J connectivity index is 1.54. The van der Waals surface area contributed by atoms with Crippen LogP contribution in [0.25, 0.3) is 0 Å². The van der Waals surface area contributed by atoms with Gasteiger partial charge >= 0.3 is 0 Å². The molecule has 6 heteroatoms. The van der Waals surface area contributed by atoms with Gasteiger partial charge in [-0.3, -0.25) is 9.59 Å². The number of para-hydroxylation sites is 2. The maximum absolute atomic E-state index is 12.5. The minimum atomic E-state index is -0.0887. The average molecular weight is 331 g/mol. The van der Waals surface area contributed by atoms with Gasteiger partial charge in [-0.2, -0.15) is 0 Å². The van der Waals surface area contributed by atoms with Crippen LogP contribution in [0.15, 0.2) is 24.3 Å². The van der Waals surface area contributed by atoms with Crippen LogP contribution in [0.4, 0.5) is 5.69 Å². The summed E-state index contributed by atoms with van der Waals surface area (Å²) in [5, 5.41) is 3.20. The normalized spacial score (nSPS) is 18.3.